The predicted octanol–water partition coefficient (Wildman–Crippen LogP) is 6.50. The molecular formula is C24H30O3. The molecule has 0 aromatic heterocycles. The number of ether oxygens (including phenoxy) is 1. The van der Waals surface area contributed by atoms with Crippen LogP contribution in [-0.2, 0) is 0 Å². The van der Waals surface area contributed by atoms with E-state index < -0.39 is 0 Å². The van der Waals surface area contributed by atoms with E-state index >= 15 is 0 Å². The lowest BCUT2D eigenvalue weighted by Crippen LogP contribution is -1.98. The average molecular weight is 367 g/mol. The Balaban J connectivity index is 1.85. The van der Waals surface area contributed by atoms with E-state index in [1.165, 1.54) is 44.9 Å². The summed E-state index contributed by atoms with van der Waals surface area (Å²) >= 11 is 0. The Bertz CT molecular complexity index is 721. The highest BCUT2D eigenvalue weighted by Gasteiger charge is 2.07. The third kappa shape index (κ3) is 7.01. The summed E-state index contributed by atoms with van der Waals surface area (Å²) < 4.78 is 5.89. The van der Waals surface area contributed by atoms with Gasteiger partial charge in [-0.2, -0.15) is 0 Å². The molecule has 0 N–H and O–H groups in total. The fourth-order valence-electron chi connectivity index (χ4n) is 3.18. The van der Waals surface area contributed by atoms with Crippen molar-refractivity contribution in [2.24, 2.45) is 0 Å². The fourth-order valence-corrected chi connectivity index (χ4v) is 3.18. The van der Waals surface area contributed by atoms with Crippen molar-refractivity contribution in [2.75, 3.05) is 6.61 Å². The van der Waals surface area contributed by atoms with Gasteiger partial charge in [-0.25, -0.2) is 0 Å². The topological polar surface area (TPSA) is 43.4 Å². The molecule has 0 aliphatic rings. The molecule has 2 rings (SSSR count). The maximum absolute atomic E-state index is 11.3. The zero-order valence-electron chi connectivity index (χ0n) is 16.3. The highest BCUT2D eigenvalue weighted by atomic mass is 16.5. The number of hydrogen-bond acceptors (Lipinski definition) is 3. The van der Waals surface area contributed by atoms with Gasteiger partial charge in [-0.3, -0.25) is 9.59 Å². The van der Waals surface area contributed by atoms with Crippen LogP contribution >= 0.6 is 0 Å². The summed E-state index contributed by atoms with van der Waals surface area (Å²) in [4.78, 5) is 22.4. The molecule has 0 fully saturated rings. The average Bonchev–Trinajstić information content (AvgIpc) is 2.72. The smallest absolute Gasteiger partial charge is 0.150 e. The number of benzene rings is 2. The van der Waals surface area contributed by atoms with Crippen LogP contribution in [-0.4, -0.2) is 19.2 Å². The molecule has 0 atom stereocenters. The van der Waals surface area contributed by atoms with Crippen LogP contribution in [0.25, 0.3) is 11.1 Å². The normalized spacial score (nSPS) is 10.6. The Labute approximate surface area is 162 Å². The number of carbonyl (C=O) groups is 2. The molecule has 0 saturated carbocycles. The number of aldehydes is 2. The van der Waals surface area contributed by atoms with Gasteiger partial charge in [-0.05, 0) is 35.7 Å². The lowest BCUT2D eigenvalue weighted by molar-refractivity contribution is 0.111. The molecule has 0 unspecified atom stereocenters. The van der Waals surface area contributed by atoms with Crippen molar-refractivity contribution in [3.8, 4) is 16.9 Å². The summed E-state index contributed by atoms with van der Waals surface area (Å²) in [5, 5.41) is 0. The Morgan fingerprint density at radius 2 is 1.56 bits per heavy atom. The van der Waals surface area contributed by atoms with Crippen LogP contribution in [0.5, 0.6) is 5.75 Å². The molecule has 0 amide bonds. The van der Waals surface area contributed by atoms with Crippen molar-refractivity contribution in [1.29, 1.82) is 0 Å². The second kappa shape index (κ2) is 12.1. The van der Waals surface area contributed by atoms with Crippen molar-refractivity contribution in [1.82, 2.24) is 0 Å². The lowest BCUT2D eigenvalue weighted by atomic mass is 9.98. The molecule has 0 radical (unpaired) electrons. The van der Waals surface area contributed by atoms with E-state index in [0.29, 0.717) is 17.7 Å². The number of rotatable bonds is 13. The molecule has 2 aromatic rings. The van der Waals surface area contributed by atoms with Gasteiger partial charge in [0.25, 0.3) is 0 Å². The number of carbonyl (C=O) groups excluding carboxylic acids is 2. The van der Waals surface area contributed by atoms with Gasteiger partial charge in [0.15, 0.2) is 6.29 Å². The van der Waals surface area contributed by atoms with Crippen LogP contribution in [0.4, 0.5) is 0 Å². The summed E-state index contributed by atoms with van der Waals surface area (Å²) in [6.45, 7) is 2.94. The van der Waals surface area contributed by atoms with E-state index in [1.807, 2.05) is 24.3 Å². The second-order valence-electron chi connectivity index (χ2n) is 6.93. The molecule has 27 heavy (non-hydrogen) atoms. The van der Waals surface area contributed by atoms with Crippen molar-refractivity contribution < 1.29 is 14.3 Å². The van der Waals surface area contributed by atoms with Gasteiger partial charge in [-0.1, -0.05) is 76.1 Å². The summed E-state index contributed by atoms with van der Waals surface area (Å²) in [5.74, 6) is 0.795. The Kier molecular flexibility index (Phi) is 9.33. The minimum absolute atomic E-state index is 0.556. The van der Waals surface area contributed by atoms with Gasteiger partial charge in [0, 0.05) is 11.1 Å². The fraction of sp³-hybridized carbons (Fsp3) is 0.417. The standard InChI is InChI=1S/C24H30O3/c1-2-3-4-5-6-7-8-9-15-27-23-12-10-11-21(17-23)24-16-20(18-25)13-14-22(24)19-26/h10-14,16-19H,2-9,15H2,1H3. The molecular weight excluding hydrogens is 336 g/mol. The molecule has 144 valence electrons. The molecule has 0 bridgehead atoms. The largest absolute Gasteiger partial charge is 0.494 e. The monoisotopic (exact) mass is 366 g/mol. The van der Waals surface area contributed by atoms with Gasteiger partial charge in [0.1, 0.15) is 12.0 Å². The van der Waals surface area contributed by atoms with Crippen molar-refractivity contribution >= 4 is 12.6 Å². The van der Waals surface area contributed by atoms with E-state index in [1.54, 1.807) is 18.2 Å². The van der Waals surface area contributed by atoms with Gasteiger partial charge in [0.05, 0.1) is 6.61 Å². The van der Waals surface area contributed by atoms with Crippen LogP contribution in [0.3, 0.4) is 0 Å². The molecule has 3 heteroatoms. The second-order valence-corrected chi connectivity index (χ2v) is 6.93. The molecule has 0 heterocycles. The maximum atomic E-state index is 11.3. The first-order valence-corrected chi connectivity index (χ1v) is 10.1. The van der Waals surface area contributed by atoms with Gasteiger partial charge in [-0.15, -0.1) is 0 Å². The third-order valence-corrected chi connectivity index (χ3v) is 4.75. The first kappa shape index (κ1) is 20.9. The molecule has 0 aliphatic heterocycles. The van der Waals surface area contributed by atoms with E-state index in [4.69, 9.17) is 4.74 Å². The predicted molar refractivity (Wildman–Crippen MR) is 111 cm³/mol. The van der Waals surface area contributed by atoms with E-state index in [9.17, 15) is 9.59 Å². The molecule has 3 nitrogen and oxygen atoms in total. The summed E-state index contributed by atoms with van der Waals surface area (Å²) in [5.41, 5.74) is 2.77. The molecule has 0 aliphatic carbocycles. The van der Waals surface area contributed by atoms with Crippen LogP contribution in [0.1, 0.15) is 79.0 Å². The van der Waals surface area contributed by atoms with Gasteiger partial charge < -0.3 is 4.74 Å². The van der Waals surface area contributed by atoms with E-state index in [-0.39, 0.29) is 0 Å². The van der Waals surface area contributed by atoms with Crippen LogP contribution < -0.4 is 4.74 Å². The first-order chi connectivity index (χ1) is 13.3. The minimum Gasteiger partial charge on any atom is -0.494 e. The Morgan fingerprint density at radius 3 is 2.26 bits per heavy atom. The molecule has 0 saturated heterocycles. The lowest BCUT2D eigenvalue weighted by Gasteiger charge is -2.10. The van der Waals surface area contributed by atoms with Crippen LogP contribution in [0, 0.1) is 0 Å². The van der Waals surface area contributed by atoms with E-state index in [0.717, 1.165) is 35.9 Å². The molecule has 2 aromatic carbocycles. The van der Waals surface area contributed by atoms with Crippen LogP contribution in [0.2, 0.25) is 0 Å². The third-order valence-electron chi connectivity index (χ3n) is 4.75. The summed E-state index contributed by atoms with van der Waals surface area (Å²) in [6, 6.07) is 12.8. The van der Waals surface area contributed by atoms with Crippen molar-refractivity contribution in [2.45, 2.75) is 58.3 Å². The SMILES string of the molecule is CCCCCCCCCCOc1cccc(-c2cc(C=O)ccc2C=O)c1. The van der Waals surface area contributed by atoms with Crippen LogP contribution in [0.15, 0.2) is 42.5 Å². The Morgan fingerprint density at radius 1 is 0.815 bits per heavy atom. The highest BCUT2D eigenvalue weighted by molar-refractivity contribution is 5.90. The summed E-state index contributed by atoms with van der Waals surface area (Å²) in [6.07, 6.45) is 11.8. The zero-order chi connectivity index (χ0) is 19.3. The van der Waals surface area contributed by atoms with Gasteiger partial charge >= 0.3 is 0 Å². The minimum atomic E-state index is 0.556. The first-order valence-electron chi connectivity index (χ1n) is 10.1. The molecule has 0 spiro atoms. The maximum Gasteiger partial charge on any atom is 0.150 e. The Hall–Kier alpha value is -2.42. The quantitative estimate of drug-likeness (QED) is 0.300. The van der Waals surface area contributed by atoms with E-state index in [2.05, 4.69) is 6.92 Å². The van der Waals surface area contributed by atoms with Crippen molar-refractivity contribution in [3.05, 3.63) is 53.6 Å². The summed E-state index contributed by atoms with van der Waals surface area (Å²) in [7, 11) is 0. The highest BCUT2D eigenvalue weighted by Crippen LogP contribution is 2.27. The number of unbranched alkanes of at least 4 members (excludes halogenated alkanes) is 7. The van der Waals surface area contributed by atoms with Gasteiger partial charge in [0.2, 0.25) is 0 Å². The number of hydrogen-bond donors (Lipinski definition) is 0. The zero-order valence-corrected chi connectivity index (χ0v) is 16.3. The van der Waals surface area contributed by atoms with Crippen molar-refractivity contribution in [3.63, 3.8) is 0 Å².